The summed E-state index contributed by atoms with van der Waals surface area (Å²) in [6.45, 7) is 1.17. The molecule has 0 bridgehead atoms. The van der Waals surface area contributed by atoms with Crippen molar-refractivity contribution in [2.75, 3.05) is 13.6 Å². The van der Waals surface area contributed by atoms with Crippen LogP contribution in [0.1, 0.15) is 40.8 Å². The molecule has 2 aliphatic heterocycles. The zero-order chi connectivity index (χ0) is 18.5. The topological polar surface area (TPSA) is 89.1 Å². The van der Waals surface area contributed by atoms with E-state index in [4.69, 9.17) is 16.1 Å². The quantitative estimate of drug-likeness (QED) is 0.746. The van der Waals surface area contributed by atoms with Gasteiger partial charge in [-0.25, -0.2) is 4.98 Å². The maximum atomic E-state index is 13.2. The Hall–Kier alpha value is -2.71. The van der Waals surface area contributed by atoms with Gasteiger partial charge in [0.1, 0.15) is 12.0 Å². The predicted molar refractivity (Wildman–Crippen MR) is 97.6 cm³/mol. The number of aromatic nitrogens is 4. The van der Waals surface area contributed by atoms with Crippen molar-refractivity contribution >= 4 is 17.5 Å². The minimum atomic E-state index is -0.0929. The Balaban J connectivity index is 1.74. The first-order valence-corrected chi connectivity index (χ1v) is 9.21. The number of hydrogen-bond donors (Lipinski definition) is 1. The summed E-state index contributed by atoms with van der Waals surface area (Å²) in [5.41, 5.74) is 2.78. The SMILES string of the molecule is CNCc1nc(-c2ncn3c2[C@@H]2CCCN2C(=O)c2c(Cl)cccc2-3)no1. The van der Waals surface area contributed by atoms with Crippen molar-refractivity contribution in [3.05, 3.63) is 46.7 Å². The van der Waals surface area contributed by atoms with E-state index in [1.54, 1.807) is 12.4 Å². The van der Waals surface area contributed by atoms with E-state index < -0.39 is 0 Å². The summed E-state index contributed by atoms with van der Waals surface area (Å²) in [6.07, 6.45) is 3.50. The highest BCUT2D eigenvalue weighted by atomic mass is 35.5. The molecule has 0 saturated carbocycles. The highest BCUT2D eigenvalue weighted by molar-refractivity contribution is 6.34. The van der Waals surface area contributed by atoms with Crippen molar-refractivity contribution in [2.45, 2.75) is 25.4 Å². The molecule has 5 rings (SSSR count). The summed E-state index contributed by atoms with van der Waals surface area (Å²) >= 11 is 6.40. The van der Waals surface area contributed by atoms with Crippen LogP contribution in [0.4, 0.5) is 0 Å². The van der Waals surface area contributed by atoms with Crippen LogP contribution < -0.4 is 5.32 Å². The number of hydrogen-bond acceptors (Lipinski definition) is 6. The Bertz CT molecular complexity index is 1040. The van der Waals surface area contributed by atoms with Gasteiger partial charge in [-0.05, 0) is 32.0 Å². The molecule has 9 heteroatoms. The van der Waals surface area contributed by atoms with Crippen LogP contribution in [0.5, 0.6) is 0 Å². The molecule has 0 unspecified atom stereocenters. The molecule has 2 aromatic heterocycles. The molecule has 138 valence electrons. The van der Waals surface area contributed by atoms with Crippen LogP contribution in [0.2, 0.25) is 5.02 Å². The van der Waals surface area contributed by atoms with Gasteiger partial charge < -0.3 is 14.7 Å². The van der Waals surface area contributed by atoms with Crippen LogP contribution >= 0.6 is 11.6 Å². The minimum Gasteiger partial charge on any atom is -0.337 e. The van der Waals surface area contributed by atoms with Crippen LogP contribution in [0.3, 0.4) is 0 Å². The molecule has 1 amide bonds. The number of rotatable bonds is 3. The van der Waals surface area contributed by atoms with Gasteiger partial charge in [0.2, 0.25) is 11.7 Å². The zero-order valence-corrected chi connectivity index (χ0v) is 15.4. The second-order valence-corrected chi connectivity index (χ2v) is 7.09. The third-order valence-corrected chi connectivity index (χ3v) is 5.42. The fraction of sp³-hybridized carbons (Fsp3) is 0.333. The van der Waals surface area contributed by atoms with Gasteiger partial charge in [0.25, 0.3) is 5.91 Å². The molecule has 8 nitrogen and oxygen atoms in total. The van der Waals surface area contributed by atoms with Crippen molar-refractivity contribution in [3.63, 3.8) is 0 Å². The summed E-state index contributed by atoms with van der Waals surface area (Å²) in [7, 11) is 1.81. The van der Waals surface area contributed by atoms with Crippen LogP contribution in [0, 0.1) is 0 Å². The summed E-state index contributed by atoms with van der Waals surface area (Å²) in [5.74, 6) is 0.876. The van der Waals surface area contributed by atoms with Gasteiger partial charge in [0, 0.05) is 6.54 Å². The number of carbonyl (C=O) groups excluding carboxylic acids is 1. The second-order valence-electron chi connectivity index (χ2n) is 6.68. The molecule has 1 fully saturated rings. The van der Waals surface area contributed by atoms with E-state index in [9.17, 15) is 4.79 Å². The van der Waals surface area contributed by atoms with Crippen molar-refractivity contribution in [3.8, 4) is 17.2 Å². The lowest BCUT2D eigenvalue weighted by Gasteiger charge is -2.22. The minimum absolute atomic E-state index is 0.0447. The smallest absolute Gasteiger partial charge is 0.258 e. The normalized spacial score (nSPS) is 18.2. The Kier molecular flexibility index (Phi) is 3.76. The summed E-state index contributed by atoms with van der Waals surface area (Å²) in [5, 5.41) is 7.53. The largest absolute Gasteiger partial charge is 0.337 e. The van der Waals surface area contributed by atoms with Gasteiger partial charge in [-0.2, -0.15) is 4.98 Å². The number of carbonyl (C=O) groups is 1. The first-order valence-electron chi connectivity index (χ1n) is 8.83. The maximum Gasteiger partial charge on any atom is 0.258 e. The molecule has 1 saturated heterocycles. The number of nitrogens with one attached hydrogen (secondary N) is 1. The molecular formula is C18H17ClN6O2. The van der Waals surface area contributed by atoms with Gasteiger partial charge in [-0.3, -0.25) is 9.36 Å². The molecule has 0 aliphatic carbocycles. The summed E-state index contributed by atoms with van der Waals surface area (Å²) in [6, 6.07) is 5.38. The monoisotopic (exact) mass is 384 g/mol. The van der Waals surface area contributed by atoms with Crippen molar-refractivity contribution < 1.29 is 9.32 Å². The van der Waals surface area contributed by atoms with E-state index in [1.807, 2.05) is 28.6 Å². The van der Waals surface area contributed by atoms with Crippen LogP contribution in [0.25, 0.3) is 17.2 Å². The molecule has 4 heterocycles. The Morgan fingerprint density at radius 3 is 3.15 bits per heavy atom. The molecule has 0 radical (unpaired) electrons. The Morgan fingerprint density at radius 1 is 1.41 bits per heavy atom. The fourth-order valence-corrected chi connectivity index (χ4v) is 4.23. The number of benzene rings is 1. The number of halogens is 1. The maximum absolute atomic E-state index is 13.2. The number of amides is 1. The average molecular weight is 385 g/mol. The first kappa shape index (κ1) is 16.5. The van der Waals surface area contributed by atoms with E-state index >= 15 is 0 Å². The average Bonchev–Trinajstić information content (AvgIpc) is 3.38. The van der Waals surface area contributed by atoms with E-state index in [0.29, 0.717) is 41.1 Å². The molecule has 27 heavy (non-hydrogen) atoms. The number of nitrogens with zero attached hydrogens (tertiary/aromatic N) is 5. The second kappa shape index (κ2) is 6.17. The number of fused-ring (bicyclic) bond motifs is 5. The number of imidazole rings is 1. The van der Waals surface area contributed by atoms with Crippen molar-refractivity contribution in [1.29, 1.82) is 0 Å². The summed E-state index contributed by atoms with van der Waals surface area (Å²) < 4.78 is 7.24. The lowest BCUT2D eigenvalue weighted by molar-refractivity contribution is 0.0739. The third-order valence-electron chi connectivity index (χ3n) is 5.11. The highest BCUT2D eigenvalue weighted by Crippen LogP contribution is 2.43. The molecule has 2 aliphatic rings. The van der Waals surface area contributed by atoms with Crippen molar-refractivity contribution in [2.24, 2.45) is 0 Å². The fourth-order valence-electron chi connectivity index (χ4n) is 3.98. The first-order chi connectivity index (χ1) is 13.2. The molecule has 1 aromatic carbocycles. The predicted octanol–water partition coefficient (Wildman–Crippen LogP) is 2.59. The van der Waals surface area contributed by atoms with Crippen LogP contribution in [-0.4, -0.2) is 44.1 Å². The lowest BCUT2D eigenvalue weighted by atomic mass is 10.1. The van der Waals surface area contributed by atoms with Gasteiger partial charge in [-0.15, -0.1) is 0 Å². The molecule has 3 aromatic rings. The lowest BCUT2D eigenvalue weighted by Crippen LogP contribution is -2.29. The van der Waals surface area contributed by atoms with Gasteiger partial charge in [-0.1, -0.05) is 22.8 Å². The van der Waals surface area contributed by atoms with E-state index in [1.165, 1.54) is 0 Å². The Morgan fingerprint density at radius 2 is 2.30 bits per heavy atom. The zero-order valence-electron chi connectivity index (χ0n) is 14.6. The van der Waals surface area contributed by atoms with Crippen molar-refractivity contribution in [1.82, 2.24) is 29.9 Å². The van der Waals surface area contributed by atoms with Gasteiger partial charge in [0.15, 0.2) is 0 Å². The van der Waals surface area contributed by atoms with E-state index in [2.05, 4.69) is 20.4 Å². The molecule has 0 spiro atoms. The third kappa shape index (κ3) is 2.40. The van der Waals surface area contributed by atoms with Gasteiger partial charge in [0.05, 0.1) is 34.6 Å². The molecular weight excluding hydrogens is 368 g/mol. The highest BCUT2D eigenvalue weighted by Gasteiger charge is 2.40. The molecule has 1 N–H and O–H groups in total. The summed E-state index contributed by atoms with van der Waals surface area (Å²) in [4.78, 5) is 24.1. The molecule has 1 atom stereocenters. The van der Waals surface area contributed by atoms with Crippen LogP contribution in [-0.2, 0) is 6.54 Å². The van der Waals surface area contributed by atoms with E-state index in [-0.39, 0.29) is 11.9 Å². The Labute approximate surface area is 160 Å². The van der Waals surface area contributed by atoms with E-state index in [0.717, 1.165) is 24.2 Å². The van der Waals surface area contributed by atoms with Gasteiger partial charge >= 0.3 is 0 Å². The standard InChI is InChI=1S/C18H17ClN6O2/c1-20-8-13-22-17(23-27-13)15-16-12-6-3-7-24(12)18(26)14-10(19)4-2-5-11(14)25(16)9-21-15/h2,4-5,9,12,20H,3,6-8H2,1H3/t12-/m0/s1. The van der Waals surface area contributed by atoms with Crippen LogP contribution in [0.15, 0.2) is 29.0 Å².